The molecule has 0 atom stereocenters. The Balaban J connectivity index is 2.53. The molecule has 1 aromatic heterocycles. The van der Waals surface area contributed by atoms with E-state index in [0.717, 1.165) is 0 Å². The molecule has 2 rings (SSSR count). The highest BCUT2D eigenvalue weighted by molar-refractivity contribution is 7.93. The molecule has 21 heavy (non-hydrogen) atoms. The highest BCUT2D eigenvalue weighted by Crippen LogP contribution is 2.36. The normalized spacial score (nSPS) is 11.7. The first kappa shape index (κ1) is 16.2. The molecule has 0 saturated heterocycles. The second-order valence-electron chi connectivity index (χ2n) is 4.27. The van der Waals surface area contributed by atoms with Crippen molar-refractivity contribution in [3.8, 4) is 0 Å². The largest absolute Gasteiger partial charge is 0.381 e. The average molecular weight is 370 g/mol. The number of rotatable bonds is 3. The molecule has 0 amide bonds. The van der Waals surface area contributed by atoms with Gasteiger partial charge in [0.15, 0.2) is 10.7 Å². The van der Waals surface area contributed by atoms with Crippen molar-refractivity contribution >= 4 is 56.3 Å². The van der Waals surface area contributed by atoms with Crippen LogP contribution >= 0.6 is 34.8 Å². The van der Waals surface area contributed by atoms with Gasteiger partial charge in [0.2, 0.25) is 0 Å². The van der Waals surface area contributed by atoms with Crippen LogP contribution in [-0.4, -0.2) is 18.2 Å². The Hall–Kier alpha value is -1.15. The van der Waals surface area contributed by atoms with Gasteiger partial charge in [0.25, 0.3) is 10.0 Å². The number of nitrogens with zero attached hydrogens (tertiary/aromatic N) is 2. The number of halogens is 3. The Bertz CT molecular complexity index is 794. The molecule has 6 nitrogen and oxygen atoms in total. The van der Waals surface area contributed by atoms with Gasteiger partial charge in [-0.1, -0.05) is 34.8 Å². The molecular formula is C11H11Cl3N4O2S. The highest BCUT2D eigenvalue weighted by atomic mass is 35.5. The maximum Gasteiger partial charge on any atom is 0.267 e. The monoisotopic (exact) mass is 368 g/mol. The summed E-state index contributed by atoms with van der Waals surface area (Å²) < 4.78 is 28.6. The van der Waals surface area contributed by atoms with Crippen molar-refractivity contribution in [3.05, 3.63) is 32.9 Å². The van der Waals surface area contributed by atoms with Crippen molar-refractivity contribution in [1.29, 1.82) is 0 Å². The molecular weight excluding hydrogens is 359 g/mol. The van der Waals surface area contributed by atoms with Gasteiger partial charge in [-0.05, 0) is 19.1 Å². The summed E-state index contributed by atoms with van der Waals surface area (Å²) in [5.41, 5.74) is 6.07. The highest BCUT2D eigenvalue weighted by Gasteiger charge is 2.26. The van der Waals surface area contributed by atoms with Crippen LogP contribution in [0.1, 0.15) is 5.69 Å². The lowest BCUT2D eigenvalue weighted by Gasteiger charge is -2.11. The lowest BCUT2D eigenvalue weighted by atomic mass is 10.3. The van der Waals surface area contributed by atoms with Crippen LogP contribution in [0.25, 0.3) is 0 Å². The summed E-state index contributed by atoms with van der Waals surface area (Å²) in [5.74, 6) is -0.108. The minimum Gasteiger partial charge on any atom is -0.381 e. The molecule has 10 heteroatoms. The number of nitrogens with one attached hydrogen (secondary N) is 1. The van der Waals surface area contributed by atoms with Crippen LogP contribution in [0.3, 0.4) is 0 Å². The fraction of sp³-hybridized carbons (Fsp3) is 0.182. The number of aryl methyl sites for hydroxylation is 1. The van der Waals surface area contributed by atoms with E-state index in [2.05, 4.69) is 9.82 Å². The zero-order valence-electron chi connectivity index (χ0n) is 11.0. The maximum absolute atomic E-state index is 12.5. The van der Waals surface area contributed by atoms with E-state index >= 15 is 0 Å². The van der Waals surface area contributed by atoms with E-state index in [4.69, 9.17) is 40.5 Å². The Morgan fingerprint density at radius 3 is 2.19 bits per heavy atom. The topological polar surface area (TPSA) is 90.0 Å². The number of nitrogens with two attached hydrogens (primary N) is 1. The van der Waals surface area contributed by atoms with Crippen molar-refractivity contribution in [3.63, 3.8) is 0 Å². The van der Waals surface area contributed by atoms with E-state index in [0.29, 0.717) is 10.7 Å². The van der Waals surface area contributed by atoms with Gasteiger partial charge in [-0.2, -0.15) is 5.10 Å². The van der Waals surface area contributed by atoms with Crippen LogP contribution in [0, 0.1) is 6.92 Å². The summed E-state index contributed by atoms with van der Waals surface area (Å²) >= 11 is 17.7. The van der Waals surface area contributed by atoms with Gasteiger partial charge >= 0.3 is 0 Å². The van der Waals surface area contributed by atoms with Crippen LogP contribution in [0.4, 0.5) is 11.5 Å². The molecule has 0 fully saturated rings. The lowest BCUT2D eigenvalue weighted by Crippen LogP contribution is -2.16. The number of aromatic nitrogens is 2. The van der Waals surface area contributed by atoms with Crippen LogP contribution in [0.5, 0.6) is 0 Å². The van der Waals surface area contributed by atoms with Crippen LogP contribution in [-0.2, 0) is 17.1 Å². The van der Waals surface area contributed by atoms with Crippen LogP contribution < -0.4 is 10.5 Å². The van der Waals surface area contributed by atoms with Gasteiger partial charge in [0, 0.05) is 12.1 Å². The predicted octanol–water partition coefficient (Wildman–Crippen LogP) is 3.07. The molecule has 0 bridgehead atoms. The first-order chi connectivity index (χ1) is 9.63. The lowest BCUT2D eigenvalue weighted by molar-refractivity contribution is 0.600. The predicted molar refractivity (Wildman–Crippen MR) is 84.6 cm³/mol. The van der Waals surface area contributed by atoms with Crippen molar-refractivity contribution < 1.29 is 8.42 Å². The van der Waals surface area contributed by atoms with Gasteiger partial charge in [-0.15, -0.1) is 0 Å². The zero-order chi connectivity index (χ0) is 15.9. The summed E-state index contributed by atoms with van der Waals surface area (Å²) in [6.07, 6.45) is 0. The molecule has 0 spiro atoms. The number of hydrogen-bond donors (Lipinski definition) is 2. The Labute approximate surface area is 136 Å². The number of benzene rings is 1. The summed E-state index contributed by atoms with van der Waals surface area (Å²) in [7, 11) is -2.39. The van der Waals surface area contributed by atoms with Crippen LogP contribution in [0.2, 0.25) is 15.1 Å². The quantitative estimate of drug-likeness (QED) is 0.870. The molecule has 2 aromatic rings. The maximum atomic E-state index is 12.5. The second-order valence-corrected chi connectivity index (χ2v) is 7.14. The summed E-state index contributed by atoms with van der Waals surface area (Å²) in [6, 6.07) is 2.76. The summed E-state index contributed by atoms with van der Waals surface area (Å²) in [6.45, 7) is 1.59. The van der Waals surface area contributed by atoms with Crippen molar-refractivity contribution in [1.82, 2.24) is 9.78 Å². The molecule has 0 aliphatic heterocycles. The minimum absolute atomic E-state index is 0.0328. The third kappa shape index (κ3) is 3.06. The number of sulfonamides is 1. The first-order valence-electron chi connectivity index (χ1n) is 5.60. The van der Waals surface area contributed by atoms with Crippen molar-refractivity contribution in [2.24, 2.45) is 7.05 Å². The Morgan fingerprint density at radius 1 is 1.24 bits per heavy atom. The molecule has 1 heterocycles. The minimum atomic E-state index is -3.98. The van der Waals surface area contributed by atoms with Gasteiger partial charge in [0.1, 0.15) is 0 Å². The third-order valence-corrected chi connectivity index (χ3v) is 5.15. The molecule has 114 valence electrons. The van der Waals surface area contributed by atoms with Gasteiger partial charge in [0.05, 0.1) is 21.4 Å². The fourth-order valence-corrected chi connectivity index (χ4v) is 4.22. The number of hydrogen-bond acceptors (Lipinski definition) is 4. The Kier molecular flexibility index (Phi) is 4.30. The van der Waals surface area contributed by atoms with Gasteiger partial charge in [-0.3, -0.25) is 9.40 Å². The Morgan fingerprint density at radius 2 is 1.76 bits per heavy atom. The standard InChI is InChI=1S/C11H11Cl3N4O2S/c1-5-10(11(15)16-18(5)2)21(19,20)17-9-7(13)3-6(12)4-8(9)14/h3-4,17H,1-2H3,(H2,15,16). The smallest absolute Gasteiger partial charge is 0.267 e. The van der Waals surface area contributed by atoms with E-state index in [1.165, 1.54) is 16.8 Å². The summed E-state index contributed by atoms with van der Waals surface area (Å²) in [4.78, 5) is -0.118. The van der Waals surface area contributed by atoms with Crippen molar-refractivity contribution in [2.45, 2.75) is 11.8 Å². The number of nitrogen functional groups attached to an aromatic ring is 1. The molecule has 0 saturated carbocycles. The zero-order valence-corrected chi connectivity index (χ0v) is 14.1. The molecule has 3 N–H and O–H groups in total. The van der Waals surface area contributed by atoms with E-state index in [-0.39, 0.29) is 26.4 Å². The van der Waals surface area contributed by atoms with Gasteiger partial charge < -0.3 is 5.73 Å². The van der Waals surface area contributed by atoms with E-state index < -0.39 is 10.0 Å². The second kappa shape index (κ2) is 5.57. The van der Waals surface area contributed by atoms with E-state index in [9.17, 15) is 8.42 Å². The van der Waals surface area contributed by atoms with E-state index in [1.54, 1.807) is 14.0 Å². The average Bonchev–Trinajstić information content (AvgIpc) is 2.58. The summed E-state index contributed by atoms with van der Waals surface area (Å²) in [5, 5.41) is 4.32. The van der Waals surface area contributed by atoms with Crippen molar-refractivity contribution in [2.75, 3.05) is 10.5 Å². The molecule has 0 aliphatic rings. The van der Waals surface area contributed by atoms with Gasteiger partial charge in [-0.25, -0.2) is 8.42 Å². The fourth-order valence-electron chi connectivity index (χ4n) is 1.77. The van der Waals surface area contributed by atoms with E-state index in [1.807, 2.05) is 0 Å². The first-order valence-corrected chi connectivity index (χ1v) is 8.21. The molecule has 0 radical (unpaired) electrons. The third-order valence-electron chi connectivity index (χ3n) is 2.82. The molecule has 1 aromatic carbocycles. The molecule has 0 unspecified atom stereocenters. The van der Waals surface area contributed by atoms with Crippen LogP contribution in [0.15, 0.2) is 17.0 Å². The number of anilines is 2. The SMILES string of the molecule is Cc1c(S(=O)(=O)Nc2c(Cl)cc(Cl)cc2Cl)c(N)nn1C. The molecule has 0 aliphatic carbocycles.